The number of halogens is 1. The summed E-state index contributed by atoms with van der Waals surface area (Å²) in [6.45, 7) is 1.39. The first-order valence-electron chi connectivity index (χ1n) is 9.83. The van der Waals surface area contributed by atoms with Gasteiger partial charge in [0.1, 0.15) is 5.52 Å². The molecule has 0 bridgehead atoms. The molecule has 0 aliphatic carbocycles. The summed E-state index contributed by atoms with van der Waals surface area (Å²) < 4.78 is 11.1. The molecule has 2 N–H and O–H groups in total. The van der Waals surface area contributed by atoms with E-state index in [1.807, 2.05) is 12.1 Å². The summed E-state index contributed by atoms with van der Waals surface area (Å²) in [4.78, 5) is 41.0. The average molecular weight is 465 g/mol. The summed E-state index contributed by atoms with van der Waals surface area (Å²) >= 11 is 6.04. The van der Waals surface area contributed by atoms with Crippen LogP contribution in [0.25, 0.3) is 22.6 Å². The van der Waals surface area contributed by atoms with Crippen LogP contribution in [0.15, 0.2) is 71.1 Å². The maximum absolute atomic E-state index is 12.9. The van der Waals surface area contributed by atoms with Gasteiger partial charge in [0.05, 0.1) is 27.4 Å². The van der Waals surface area contributed by atoms with E-state index in [9.17, 15) is 14.4 Å². The fourth-order valence-electron chi connectivity index (χ4n) is 3.10. The van der Waals surface area contributed by atoms with E-state index in [0.29, 0.717) is 16.7 Å². The molecule has 3 aromatic carbocycles. The third kappa shape index (κ3) is 4.70. The first-order valence-corrected chi connectivity index (χ1v) is 10.2. The number of anilines is 1. The first-order chi connectivity index (χ1) is 15.8. The Bertz CT molecular complexity index is 1350. The number of oxazole rings is 1. The zero-order valence-electron chi connectivity index (χ0n) is 17.2. The number of nitrogens with zero attached hydrogens (tertiary/aromatic N) is 1. The number of ether oxygens (including phenoxy) is 1. The number of rotatable bonds is 6. The molecule has 8 nitrogen and oxygen atoms in total. The second-order valence-corrected chi connectivity index (χ2v) is 7.48. The Kier molecular flexibility index (Phi) is 6.10. The minimum Gasteiger partial charge on any atom is -0.478 e. The molecule has 0 saturated carbocycles. The number of hydrogen-bond acceptors (Lipinski definition) is 6. The van der Waals surface area contributed by atoms with Crippen LogP contribution < -0.4 is 5.32 Å². The lowest BCUT2D eigenvalue weighted by molar-refractivity contribution is -0.123. The molecule has 1 atom stereocenters. The summed E-state index contributed by atoms with van der Waals surface area (Å²) in [5, 5.41) is 11.7. The third-order valence-electron chi connectivity index (χ3n) is 4.80. The van der Waals surface area contributed by atoms with Gasteiger partial charge in [-0.25, -0.2) is 14.6 Å². The largest absolute Gasteiger partial charge is 0.478 e. The molecule has 9 heteroatoms. The number of amides is 1. The minimum atomic E-state index is -1.20. The summed E-state index contributed by atoms with van der Waals surface area (Å²) in [5.41, 5.74) is 1.86. The quantitative estimate of drug-likeness (QED) is 0.384. The van der Waals surface area contributed by atoms with Crippen molar-refractivity contribution in [1.82, 2.24) is 4.98 Å². The van der Waals surface area contributed by atoms with Gasteiger partial charge in [-0.1, -0.05) is 35.9 Å². The summed E-state index contributed by atoms with van der Waals surface area (Å²) in [7, 11) is 0. The Hall–Kier alpha value is -4.17. The Morgan fingerprint density at radius 1 is 1.06 bits per heavy atom. The van der Waals surface area contributed by atoms with E-state index in [-0.39, 0.29) is 27.7 Å². The van der Waals surface area contributed by atoms with E-state index in [2.05, 4.69) is 10.3 Å². The third-order valence-corrected chi connectivity index (χ3v) is 5.13. The van der Waals surface area contributed by atoms with Crippen molar-refractivity contribution in [2.24, 2.45) is 0 Å². The maximum Gasteiger partial charge on any atom is 0.339 e. The standard InChI is InChI=1S/C24H17ClN2O6/c1-13(21(28)26-19-12-14(23(29)30)10-11-17(19)25)32-24(31)16-7-3-2-6-15(16)22-27-18-8-4-5-9-20(18)33-22/h2-13H,1H3,(H,26,28)(H,29,30). The zero-order chi connectivity index (χ0) is 23.5. The van der Waals surface area contributed by atoms with Crippen LogP contribution in [0.4, 0.5) is 5.69 Å². The van der Waals surface area contributed by atoms with Crippen molar-refractivity contribution < 1.29 is 28.6 Å². The van der Waals surface area contributed by atoms with Gasteiger partial charge < -0.3 is 19.6 Å². The molecular weight excluding hydrogens is 448 g/mol. The highest BCUT2D eigenvalue weighted by Crippen LogP contribution is 2.28. The van der Waals surface area contributed by atoms with Gasteiger partial charge >= 0.3 is 11.9 Å². The van der Waals surface area contributed by atoms with E-state index in [1.54, 1.807) is 36.4 Å². The molecule has 4 rings (SSSR count). The predicted octanol–water partition coefficient (Wildman–Crippen LogP) is 5.03. The van der Waals surface area contributed by atoms with Crippen LogP contribution in [-0.4, -0.2) is 34.0 Å². The highest BCUT2D eigenvalue weighted by molar-refractivity contribution is 6.34. The highest BCUT2D eigenvalue weighted by atomic mass is 35.5. The molecule has 0 spiro atoms. The van der Waals surface area contributed by atoms with E-state index in [4.69, 9.17) is 25.9 Å². The smallest absolute Gasteiger partial charge is 0.339 e. The van der Waals surface area contributed by atoms with E-state index in [0.717, 1.165) is 0 Å². The number of carboxylic acid groups (broad SMARTS) is 1. The second-order valence-electron chi connectivity index (χ2n) is 7.07. The van der Waals surface area contributed by atoms with Gasteiger partial charge in [-0.15, -0.1) is 0 Å². The topological polar surface area (TPSA) is 119 Å². The SMILES string of the molecule is CC(OC(=O)c1ccccc1-c1nc2ccccc2o1)C(=O)Nc1cc(C(=O)O)ccc1Cl. The molecule has 1 aromatic heterocycles. The molecule has 1 amide bonds. The zero-order valence-corrected chi connectivity index (χ0v) is 18.0. The number of carboxylic acids is 1. The van der Waals surface area contributed by atoms with Crippen LogP contribution in [0.1, 0.15) is 27.6 Å². The van der Waals surface area contributed by atoms with Gasteiger partial charge in [-0.3, -0.25) is 4.79 Å². The molecule has 0 aliphatic rings. The van der Waals surface area contributed by atoms with Crippen LogP contribution in [0.3, 0.4) is 0 Å². The van der Waals surface area contributed by atoms with Gasteiger partial charge in [0.15, 0.2) is 11.7 Å². The van der Waals surface area contributed by atoms with Crippen LogP contribution in [0.5, 0.6) is 0 Å². The van der Waals surface area contributed by atoms with Gasteiger partial charge in [-0.05, 0) is 49.4 Å². The van der Waals surface area contributed by atoms with Gasteiger partial charge in [-0.2, -0.15) is 0 Å². The molecule has 4 aromatic rings. The number of aromatic nitrogens is 1. The van der Waals surface area contributed by atoms with Crippen molar-refractivity contribution in [2.75, 3.05) is 5.32 Å². The van der Waals surface area contributed by atoms with Crippen LogP contribution >= 0.6 is 11.6 Å². The minimum absolute atomic E-state index is 0.0494. The number of hydrogen-bond donors (Lipinski definition) is 2. The van der Waals surface area contributed by atoms with Gasteiger partial charge in [0.25, 0.3) is 5.91 Å². The number of esters is 1. The lowest BCUT2D eigenvalue weighted by Crippen LogP contribution is -2.30. The van der Waals surface area contributed by atoms with Crippen molar-refractivity contribution in [3.63, 3.8) is 0 Å². The number of carbonyl (C=O) groups is 3. The second kappa shape index (κ2) is 9.13. The van der Waals surface area contributed by atoms with E-state index < -0.39 is 23.9 Å². The fourth-order valence-corrected chi connectivity index (χ4v) is 3.27. The molecule has 0 saturated heterocycles. The van der Waals surface area contributed by atoms with Crippen LogP contribution in [0, 0.1) is 0 Å². The fraction of sp³-hybridized carbons (Fsp3) is 0.0833. The lowest BCUT2D eigenvalue weighted by Gasteiger charge is -2.15. The maximum atomic E-state index is 12.9. The van der Waals surface area contributed by atoms with Crippen LogP contribution in [-0.2, 0) is 9.53 Å². The highest BCUT2D eigenvalue weighted by Gasteiger charge is 2.23. The molecule has 33 heavy (non-hydrogen) atoms. The Morgan fingerprint density at radius 3 is 2.55 bits per heavy atom. The Morgan fingerprint density at radius 2 is 1.79 bits per heavy atom. The van der Waals surface area contributed by atoms with Gasteiger partial charge in [0, 0.05) is 0 Å². The lowest BCUT2D eigenvalue weighted by atomic mass is 10.1. The average Bonchev–Trinajstić information content (AvgIpc) is 3.24. The predicted molar refractivity (Wildman–Crippen MR) is 121 cm³/mol. The molecule has 0 radical (unpaired) electrons. The monoisotopic (exact) mass is 464 g/mol. The molecule has 0 aliphatic heterocycles. The summed E-state index contributed by atoms with van der Waals surface area (Å²) in [5.74, 6) is -2.34. The van der Waals surface area contributed by atoms with Crippen molar-refractivity contribution in [3.8, 4) is 11.5 Å². The molecular formula is C24H17ClN2O6. The first kappa shape index (κ1) is 22.0. The van der Waals surface area contributed by atoms with Crippen LogP contribution in [0.2, 0.25) is 5.02 Å². The number of fused-ring (bicyclic) bond motifs is 1. The van der Waals surface area contributed by atoms with Crippen molar-refractivity contribution in [2.45, 2.75) is 13.0 Å². The summed E-state index contributed by atoms with van der Waals surface area (Å²) in [6.07, 6.45) is -1.20. The van der Waals surface area contributed by atoms with E-state index in [1.165, 1.54) is 25.1 Å². The number of aromatic carboxylic acids is 1. The number of para-hydroxylation sites is 2. The number of benzene rings is 3. The van der Waals surface area contributed by atoms with E-state index >= 15 is 0 Å². The molecule has 166 valence electrons. The van der Waals surface area contributed by atoms with Crippen molar-refractivity contribution in [1.29, 1.82) is 0 Å². The Labute approximate surface area is 192 Å². The van der Waals surface area contributed by atoms with Gasteiger partial charge in [0.2, 0.25) is 5.89 Å². The normalized spacial score (nSPS) is 11.7. The number of carbonyl (C=O) groups excluding carboxylic acids is 2. The molecule has 0 fully saturated rings. The summed E-state index contributed by atoms with van der Waals surface area (Å²) in [6, 6.07) is 17.7. The Balaban J connectivity index is 1.52. The van der Waals surface area contributed by atoms with Crippen molar-refractivity contribution >= 4 is 46.2 Å². The van der Waals surface area contributed by atoms with Crippen molar-refractivity contribution in [3.05, 3.63) is 82.9 Å². The molecule has 1 unspecified atom stereocenters. The number of nitrogens with one attached hydrogen (secondary N) is 1. The molecule has 1 heterocycles.